The molecule has 25 heavy (non-hydrogen) atoms. The zero-order chi connectivity index (χ0) is 17.6. The molecule has 0 saturated heterocycles. The van der Waals surface area contributed by atoms with Gasteiger partial charge in [0.25, 0.3) is 0 Å². The van der Waals surface area contributed by atoms with Crippen molar-refractivity contribution in [2.75, 3.05) is 6.61 Å². The number of ether oxygens (including phenoxy) is 2. The van der Waals surface area contributed by atoms with Crippen LogP contribution in [0.25, 0.3) is 10.6 Å². The first kappa shape index (κ1) is 17.4. The molecule has 0 unspecified atom stereocenters. The summed E-state index contributed by atoms with van der Waals surface area (Å²) in [6.45, 7) is -0.162. The first-order valence-electron chi connectivity index (χ1n) is 7.34. The predicted molar refractivity (Wildman–Crippen MR) is 94.3 cm³/mol. The summed E-state index contributed by atoms with van der Waals surface area (Å²) in [7, 11) is 0. The molecule has 0 bridgehead atoms. The van der Waals surface area contributed by atoms with Gasteiger partial charge in [0.2, 0.25) is 0 Å². The standard InChI is InChI=1S/C18H13ClFNO3S/c19-13-2-1-3-16(8-13)23-10-17(22)24-9-15-11-25-18(21-15)12-4-6-14(20)7-5-12/h1-8,11H,9-10H2. The summed E-state index contributed by atoms with van der Waals surface area (Å²) in [6.07, 6.45) is 0. The van der Waals surface area contributed by atoms with Gasteiger partial charge in [-0.3, -0.25) is 0 Å². The maximum absolute atomic E-state index is 12.9. The normalized spacial score (nSPS) is 10.5. The van der Waals surface area contributed by atoms with Crippen molar-refractivity contribution in [3.8, 4) is 16.3 Å². The van der Waals surface area contributed by atoms with E-state index in [9.17, 15) is 9.18 Å². The van der Waals surface area contributed by atoms with Crippen LogP contribution in [0.5, 0.6) is 5.75 Å². The van der Waals surface area contributed by atoms with Crippen LogP contribution in [0.2, 0.25) is 5.02 Å². The van der Waals surface area contributed by atoms with Crippen molar-refractivity contribution in [3.63, 3.8) is 0 Å². The Bertz CT molecular complexity index is 867. The summed E-state index contributed by atoms with van der Waals surface area (Å²) in [5.74, 6) is -0.304. The monoisotopic (exact) mass is 377 g/mol. The van der Waals surface area contributed by atoms with E-state index in [1.165, 1.54) is 23.5 Å². The Balaban J connectivity index is 1.50. The number of hydrogen-bond donors (Lipinski definition) is 0. The molecule has 0 aliphatic heterocycles. The lowest BCUT2D eigenvalue weighted by Gasteiger charge is -2.06. The third kappa shape index (κ3) is 5.01. The molecule has 0 N–H and O–H groups in total. The van der Waals surface area contributed by atoms with Crippen LogP contribution in [-0.2, 0) is 16.1 Å². The Morgan fingerprint density at radius 2 is 2.00 bits per heavy atom. The second kappa shape index (κ2) is 8.09. The SMILES string of the molecule is O=C(COc1cccc(Cl)c1)OCc1csc(-c2ccc(F)cc2)n1. The molecule has 0 spiro atoms. The van der Waals surface area contributed by atoms with Crippen LogP contribution in [0.15, 0.2) is 53.9 Å². The summed E-state index contributed by atoms with van der Waals surface area (Å²) in [5, 5.41) is 3.06. The number of carbonyl (C=O) groups is 1. The average Bonchev–Trinajstić information content (AvgIpc) is 3.08. The number of nitrogens with zero attached hydrogens (tertiary/aromatic N) is 1. The third-order valence-electron chi connectivity index (χ3n) is 3.18. The molecule has 4 nitrogen and oxygen atoms in total. The van der Waals surface area contributed by atoms with E-state index in [0.29, 0.717) is 16.5 Å². The van der Waals surface area contributed by atoms with Gasteiger partial charge in [-0.05, 0) is 42.5 Å². The lowest BCUT2D eigenvalue weighted by Crippen LogP contribution is -2.14. The average molecular weight is 378 g/mol. The molecule has 0 atom stereocenters. The molecule has 1 aromatic heterocycles. The highest BCUT2D eigenvalue weighted by molar-refractivity contribution is 7.13. The topological polar surface area (TPSA) is 48.4 Å². The minimum Gasteiger partial charge on any atom is -0.482 e. The molecular weight excluding hydrogens is 365 g/mol. The highest BCUT2D eigenvalue weighted by Gasteiger charge is 2.09. The fourth-order valence-corrected chi connectivity index (χ4v) is 2.98. The van der Waals surface area contributed by atoms with Gasteiger partial charge in [0.15, 0.2) is 6.61 Å². The lowest BCUT2D eigenvalue weighted by atomic mass is 10.2. The van der Waals surface area contributed by atoms with E-state index >= 15 is 0 Å². The number of rotatable bonds is 6. The van der Waals surface area contributed by atoms with Gasteiger partial charge in [-0.1, -0.05) is 17.7 Å². The van der Waals surface area contributed by atoms with Crippen molar-refractivity contribution in [1.82, 2.24) is 4.98 Å². The van der Waals surface area contributed by atoms with E-state index in [-0.39, 0.29) is 19.0 Å². The van der Waals surface area contributed by atoms with Gasteiger partial charge in [0.05, 0.1) is 5.69 Å². The minimum absolute atomic E-state index is 0.0510. The summed E-state index contributed by atoms with van der Waals surface area (Å²) < 4.78 is 23.4. The van der Waals surface area contributed by atoms with Crippen molar-refractivity contribution in [2.45, 2.75) is 6.61 Å². The van der Waals surface area contributed by atoms with Gasteiger partial charge in [-0.25, -0.2) is 14.2 Å². The minimum atomic E-state index is -0.503. The molecule has 0 saturated carbocycles. The largest absolute Gasteiger partial charge is 0.482 e. The van der Waals surface area contributed by atoms with Crippen molar-refractivity contribution < 1.29 is 18.7 Å². The summed E-state index contributed by atoms with van der Waals surface area (Å²) in [5.41, 5.74) is 1.44. The first-order chi connectivity index (χ1) is 12.1. The predicted octanol–water partition coefficient (Wildman–Crippen LogP) is 4.72. The number of benzene rings is 2. The highest BCUT2D eigenvalue weighted by Crippen LogP contribution is 2.24. The van der Waals surface area contributed by atoms with Crippen LogP contribution < -0.4 is 4.74 Å². The molecule has 2 aromatic carbocycles. The lowest BCUT2D eigenvalue weighted by molar-refractivity contribution is -0.147. The van der Waals surface area contributed by atoms with Crippen LogP contribution in [0.4, 0.5) is 4.39 Å². The Morgan fingerprint density at radius 3 is 2.76 bits per heavy atom. The van der Waals surface area contributed by atoms with Crippen LogP contribution in [0.1, 0.15) is 5.69 Å². The molecule has 0 radical (unpaired) electrons. The van der Waals surface area contributed by atoms with Gasteiger partial charge in [0, 0.05) is 16.0 Å². The van der Waals surface area contributed by atoms with E-state index in [2.05, 4.69) is 4.98 Å². The van der Waals surface area contributed by atoms with Crippen LogP contribution in [0, 0.1) is 5.82 Å². The summed E-state index contributed by atoms with van der Waals surface area (Å²) in [6, 6.07) is 12.8. The zero-order valence-electron chi connectivity index (χ0n) is 12.9. The van der Waals surface area contributed by atoms with E-state index in [0.717, 1.165) is 10.6 Å². The molecule has 3 rings (SSSR count). The smallest absolute Gasteiger partial charge is 0.344 e. The second-order valence-electron chi connectivity index (χ2n) is 5.06. The van der Waals surface area contributed by atoms with E-state index in [1.807, 2.05) is 0 Å². The number of hydrogen-bond acceptors (Lipinski definition) is 5. The molecular formula is C18H13ClFNO3S. The maximum atomic E-state index is 12.9. The number of esters is 1. The van der Waals surface area contributed by atoms with E-state index in [1.54, 1.807) is 41.8 Å². The first-order valence-corrected chi connectivity index (χ1v) is 8.60. The van der Waals surface area contributed by atoms with Crippen LogP contribution >= 0.6 is 22.9 Å². The summed E-state index contributed by atoms with van der Waals surface area (Å²) >= 11 is 7.24. The fraction of sp³-hybridized carbons (Fsp3) is 0.111. The molecule has 0 aliphatic rings. The fourth-order valence-electron chi connectivity index (χ4n) is 1.99. The number of carbonyl (C=O) groups excluding carboxylic acids is 1. The Morgan fingerprint density at radius 1 is 1.20 bits per heavy atom. The molecule has 0 aliphatic carbocycles. The molecule has 0 fully saturated rings. The highest BCUT2D eigenvalue weighted by atomic mass is 35.5. The van der Waals surface area contributed by atoms with Gasteiger partial charge in [-0.2, -0.15) is 0 Å². The van der Waals surface area contributed by atoms with E-state index in [4.69, 9.17) is 21.1 Å². The number of thiazole rings is 1. The van der Waals surface area contributed by atoms with Crippen molar-refractivity contribution >= 4 is 28.9 Å². The maximum Gasteiger partial charge on any atom is 0.344 e. The van der Waals surface area contributed by atoms with Gasteiger partial charge < -0.3 is 9.47 Å². The van der Waals surface area contributed by atoms with Crippen LogP contribution in [-0.4, -0.2) is 17.6 Å². The van der Waals surface area contributed by atoms with Gasteiger partial charge in [0.1, 0.15) is 23.2 Å². The molecule has 7 heteroatoms. The Labute approximate surface area is 152 Å². The molecule has 3 aromatic rings. The van der Waals surface area contributed by atoms with Gasteiger partial charge >= 0.3 is 5.97 Å². The van der Waals surface area contributed by atoms with Crippen LogP contribution in [0.3, 0.4) is 0 Å². The van der Waals surface area contributed by atoms with E-state index < -0.39 is 5.97 Å². The number of halogens is 2. The molecule has 0 amide bonds. The molecule has 1 heterocycles. The molecule has 128 valence electrons. The van der Waals surface area contributed by atoms with Crippen molar-refractivity contribution in [1.29, 1.82) is 0 Å². The van der Waals surface area contributed by atoms with Crippen molar-refractivity contribution in [3.05, 3.63) is 70.4 Å². The van der Waals surface area contributed by atoms with Crippen molar-refractivity contribution in [2.24, 2.45) is 0 Å². The Hall–Kier alpha value is -2.44. The van der Waals surface area contributed by atoms with Gasteiger partial charge in [-0.15, -0.1) is 11.3 Å². The quantitative estimate of drug-likeness (QED) is 0.583. The Kier molecular flexibility index (Phi) is 5.63. The third-order valence-corrected chi connectivity index (χ3v) is 4.35. The number of aromatic nitrogens is 1. The summed E-state index contributed by atoms with van der Waals surface area (Å²) in [4.78, 5) is 16.1. The zero-order valence-corrected chi connectivity index (χ0v) is 14.5. The second-order valence-corrected chi connectivity index (χ2v) is 6.35.